The standard InChI is InChI=1S/C10H16N2O3/c1-7(2)12(10(13)6-14-4)9-5-11-15-8(9)3/h5,7H,6H2,1-4H3. The second-order valence-corrected chi connectivity index (χ2v) is 3.56. The average Bonchev–Trinajstić information content (AvgIpc) is 2.52. The van der Waals surface area contributed by atoms with E-state index in [1.807, 2.05) is 13.8 Å². The lowest BCUT2D eigenvalue weighted by Crippen LogP contribution is -2.39. The van der Waals surface area contributed by atoms with E-state index < -0.39 is 0 Å². The Morgan fingerprint density at radius 1 is 1.67 bits per heavy atom. The molecule has 0 unspecified atom stereocenters. The molecule has 0 fully saturated rings. The van der Waals surface area contributed by atoms with E-state index in [4.69, 9.17) is 9.26 Å². The van der Waals surface area contributed by atoms with E-state index in [9.17, 15) is 4.79 Å². The molecule has 15 heavy (non-hydrogen) atoms. The molecule has 0 atom stereocenters. The maximum atomic E-state index is 11.8. The number of carbonyl (C=O) groups excluding carboxylic acids is 1. The molecule has 5 nitrogen and oxygen atoms in total. The minimum atomic E-state index is -0.0983. The first-order chi connectivity index (χ1) is 7.07. The zero-order chi connectivity index (χ0) is 11.4. The van der Waals surface area contributed by atoms with Crippen LogP contribution in [-0.2, 0) is 9.53 Å². The van der Waals surface area contributed by atoms with Crippen molar-refractivity contribution in [3.8, 4) is 0 Å². The molecule has 5 heteroatoms. The van der Waals surface area contributed by atoms with Crippen LogP contribution in [0, 0.1) is 6.92 Å². The SMILES string of the molecule is COCC(=O)N(c1cnoc1C)C(C)C. The zero-order valence-corrected chi connectivity index (χ0v) is 9.48. The topological polar surface area (TPSA) is 55.6 Å². The lowest BCUT2D eigenvalue weighted by atomic mass is 10.2. The van der Waals surface area contributed by atoms with Gasteiger partial charge in [0.15, 0.2) is 5.76 Å². The maximum Gasteiger partial charge on any atom is 0.253 e. The van der Waals surface area contributed by atoms with Gasteiger partial charge in [-0.05, 0) is 20.8 Å². The third-order valence-electron chi connectivity index (χ3n) is 2.04. The van der Waals surface area contributed by atoms with Gasteiger partial charge in [0.2, 0.25) is 0 Å². The van der Waals surface area contributed by atoms with Gasteiger partial charge in [0.25, 0.3) is 5.91 Å². The Hall–Kier alpha value is -1.36. The van der Waals surface area contributed by atoms with E-state index in [-0.39, 0.29) is 18.6 Å². The quantitative estimate of drug-likeness (QED) is 0.756. The number of methoxy groups -OCH3 is 1. The van der Waals surface area contributed by atoms with Crippen LogP contribution in [0.25, 0.3) is 0 Å². The van der Waals surface area contributed by atoms with E-state index in [1.54, 1.807) is 18.0 Å². The summed E-state index contributed by atoms with van der Waals surface area (Å²) >= 11 is 0. The lowest BCUT2D eigenvalue weighted by molar-refractivity contribution is -0.122. The van der Waals surface area contributed by atoms with Gasteiger partial charge in [-0.2, -0.15) is 0 Å². The van der Waals surface area contributed by atoms with Crippen LogP contribution >= 0.6 is 0 Å². The molecule has 1 amide bonds. The minimum Gasteiger partial charge on any atom is -0.375 e. The van der Waals surface area contributed by atoms with Gasteiger partial charge in [-0.3, -0.25) is 4.79 Å². The number of hydrogen-bond acceptors (Lipinski definition) is 4. The number of carbonyl (C=O) groups is 1. The van der Waals surface area contributed by atoms with E-state index in [2.05, 4.69) is 5.16 Å². The Morgan fingerprint density at radius 3 is 2.73 bits per heavy atom. The van der Waals surface area contributed by atoms with Crippen molar-refractivity contribution in [3.05, 3.63) is 12.0 Å². The van der Waals surface area contributed by atoms with Crippen molar-refractivity contribution in [2.45, 2.75) is 26.8 Å². The van der Waals surface area contributed by atoms with Gasteiger partial charge in [0.05, 0.1) is 6.20 Å². The molecule has 0 aromatic carbocycles. The van der Waals surface area contributed by atoms with Gasteiger partial charge >= 0.3 is 0 Å². The molecule has 0 saturated carbocycles. The van der Waals surface area contributed by atoms with Gasteiger partial charge in [-0.1, -0.05) is 5.16 Å². The van der Waals surface area contributed by atoms with Crippen LogP contribution in [0.15, 0.2) is 10.7 Å². The summed E-state index contributed by atoms with van der Waals surface area (Å²) < 4.78 is 9.77. The second kappa shape index (κ2) is 4.93. The summed E-state index contributed by atoms with van der Waals surface area (Å²) in [5, 5.41) is 3.66. The minimum absolute atomic E-state index is 0.0470. The Balaban J connectivity index is 2.93. The van der Waals surface area contributed by atoms with Crippen LogP contribution in [0.3, 0.4) is 0 Å². The summed E-state index contributed by atoms with van der Waals surface area (Å²) in [6.07, 6.45) is 1.54. The molecular formula is C10H16N2O3. The summed E-state index contributed by atoms with van der Waals surface area (Å²) in [4.78, 5) is 13.4. The molecule has 0 spiro atoms. The summed E-state index contributed by atoms with van der Waals surface area (Å²) in [7, 11) is 1.50. The molecule has 84 valence electrons. The highest BCUT2D eigenvalue weighted by molar-refractivity contribution is 5.95. The lowest BCUT2D eigenvalue weighted by Gasteiger charge is -2.25. The first-order valence-electron chi connectivity index (χ1n) is 4.80. The van der Waals surface area contributed by atoms with Crippen molar-refractivity contribution in [1.82, 2.24) is 5.16 Å². The number of anilines is 1. The highest BCUT2D eigenvalue weighted by Crippen LogP contribution is 2.21. The van der Waals surface area contributed by atoms with Crippen LogP contribution in [-0.4, -0.2) is 30.8 Å². The molecule has 0 aliphatic heterocycles. The third kappa shape index (κ3) is 2.56. The third-order valence-corrected chi connectivity index (χ3v) is 2.04. The Kier molecular flexibility index (Phi) is 3.85. The van der Waals surface area contributed by atoms with Crippen LogP contribution in [0.5, 0.6) is 0 Å². The second-order valence-electron chi connectivity index (χ2n) is 3.56. The first-order valence-corrected chi connectivity index (χ1v) is 4.80. The Bertz CT molecular complexity index is 333. The maximum absolute atomic E-state index is 11.8. The monoisotopic (exact) mass is 212 g/mol. The number of ether oxygens (including phenoxy) is 1. The fourth-order valence-electron chi connectivity index (χ4n) is 1.42. The molecule has 0 aliphatic carbocycles. The van der Waals surface area contributed by atoms with Crippen LogP contribution < -0.4 is 4.90 Å². The molecule has 0 bridgehead atoms. The van der Waals surface area contributed by atoms with Gasteiger partial charge in [0.1, 0.15) is 12.3 Å². The van der Waals surface area contributed by atoms with Gasteiger partial charge < -0.3 is 14.2 Å². The van der Waals surface area contributed by atoms with Gasteiger partial charge in [-0.15, -0.1) is 0 Å². The number of aromatic nitrogens is 1. The van der Waals surface area contributed by atoms with E-state index in [0.717, 1.165) is 0 Å². The fourth-order valence-corrected chi connectivity index (χ4v) is 1.42. The molecule has 1 aromatic rings. The van der Waals surface area contributed by atoms with Crippen LogP contribution in [0.1, 0.15) is 19.6 Å². The number of nitrogens with zero attached hydrogens (tertiary/aromatic N) is 2. The van der Waals surface area contributed by atoms with Crippen molar-refractivity contribution in [3.63, 3.8) is 0 Å². The van der Waals surface area contributed by atoms with Crippen molar-refractivity contribution in [2.24, 2.45) is 0 Å². The molecule has 1 rings (SSSR count). The summed E-state index contributed by atoms with van der Waals surface area (Å²) in [5.74, 6) is 0.534. The molecular weight excluding hydrogens is 196 g/mol. The van der Waals surface area contributed by atoms with Gasteiger partial charge in [-0.25, -0.2) is 0 Å². The predicted molar refractivity (Wildman–Crippen MR) is 55.7 cm³/mol. The molecule has 0 saturated heterocycles. The Labute approximate surface area is 89.0 Å². The average molecular weight is 212 g/mol. The highest BCUT2D eigenvalue weighted by Gasteiger charge is 2.22. The van der Waals surface area contributed by atoms with E-state index in [1.165, 1.54) is 7.11 Å². The van der Waals surface area contributed by atoms with Crippen molar-refractivity contribution < 1.29 is 14.1 Å². The fraction of sp³-hybridized carbons (Fsp3) is 0.600. The summed E-state index contributed by atoms with van der Waals surface area (Å²) in [6, 6.07) is 0.0470. The van der Waals surface area contributed by atoms with Crippen LogP contribution in [0.4, 0.5) is 5.69 Å². The zero-order valence-electron chi connectivity index (χ0n) is 9.48. The van der Waals surface area contributed by atoms with E-state index >= 15 is 0 Å². The smallest absolute Gasteiger partial charge is 0.253 e. The highest BCUT2D eigenvalue weighted by atomic mass is 16.5. The summed E-state index contributed by atoms with van der Waals surface area (Å²) in [6.45, 7) is 5.70. The Morgan fingerprint density at radius 2 is 2.33 bits per heavy atom. The predicted octanol–water partition coefficient (Wildman–Crippen LogP) is 1.37. The van der Waals surface area contributed by atoms with Crippen molar-refractivity contribution in [2.75, 3.05) is 18.6 Å². The first kappa shape index (κ1) is 11.7. The van der Waals surface area contributed by atoms with Crippen molar-refractivity contribution in [1.29, 1.82) is 0 Å². The summed E-state index contributed by atoms with van der Waals surface area (Å²) in [5.41, 5.74) is 0.701. The normalized spacial score (nSPS) is 10.7. The number of rotatable bonds is 4. The molecule has 1 heterocycles. The number of aryl methyl sites for hydroxylation is 1. The number of hydrogen-bond donors (Lipinski definition) is 0. The van der Waals surface area contributed by atoms with Crippen LogP contribution in [0.2, 0.25) is 0 Å². The number of amides is 1. The molecule has 1 aromatic heterocycles. The molecule has 0 radical (unpaired) electrons. The molecule has 0 aliphatic rings. The molecule has 0 N–H and O–H groups in total. The van der Waals surface area contributed by atoms with Gasteiger partial charge in [0, 0.05) is 13.2 Å². The largest absolute Gasteiger partial charge is 0.375 e. The van der Waals surface area contributed by atoms with E-state index in [0.29, 0.717) is 11.4 Å². The van der Waals surface area contributed by atoms with Crippen molar-refractivity contribution >= 4 is 11.6 Å².